The number of benzene rings is 3. The predicted molar refractivity (Wildman–Crippen MR) is 97.3 cm³/mol. The van der Waals surface area contributed by atoms with Crippen molar-refractivity contribution in [3.05, 3.63) is 72.3 Å². The van der Waals surface area contributed by atoms with Crippen LogP contribution in [0.25, 0.3) is 10.8 Å². The van der Waals surface area contributed by atoms with Gasteiger partial charge in [-0.1, -0.05) is 60.7 Å². The molecule has 0 aliphatic carbocycles. The van der Waals surface area contributed by atoms with Crippen LogP contribution in [0.2, 0.25) is 0 Å². The zero-order chi connectivity index (χ0) is 16.1. The Hall–Kier alpha value is -2.59. The van der Waals surface area contributed by atoms with E-state index in [-0.39, 0.29) is 0 Å². The molecule has 0 heterocycles. The quantitative estimate of drug-likeness (QED) is 0.551. The summed E-state index contributed by atoms with van der Waals surface area (Å²) in [6.45, 7) is 0.912. The molecule has 0 saturated heterocycles. The van der Waals surface area contributed by atoms with Crippen molar-refractivity contribution in [1.82, 2.24) is 0 Å². The summed E-state index contributed by atoms with van der Waals surface area (Å²) < 4.78 is 11.5. The molecule has 3 rings (SSSR count). The molecular weight excluding hydrogens is 306 g/mol. The molecule has 116 valence electrons. The van der Waals surface area contributed by atoms with Gasteiger partial charge in [-0.25, -0.2) is 0 Å². The van der Waals surface area contributed by atoms with Crippen LogP contribution in [0.4, 0.5) is 0 Å². The van der Waals surface area contributed by atoms with Crippen LogP contribution < -0.4 is 15.2 Å². The third-order valence-corrected chi connectivity index (χ3v) is 3.71. The lowest BCUT2D eigenvalue weighted by atomic mass is 10.1. The Kier molecular flexibility index (Phi) is 4.74. The van der Waals surface area contributed by atoms with Gasteiger partial charge in [-0.05, 0) is 23.6 Å². The van der Waals surface area contributed by atoms with Crippen molar-refractivity contribution >= 4 is 28.0 Å². The molecule has 0 atom stereocenters. The van der Waals surface area contributed by atoms with Gasteiger partial charge >= 0.3 is 0 Å². The Morgan fingerprint density at radius 2 is 1.61 bits per heavy atom. The maximum atomic E-state index is 5.84. The molecule has 3 aromatic carbocycles. The van der Waals surface area contributed by atoms with Crippen molar-refractivity contribution in [2.45, 2.75) is 0 Å². The summed E-state index contributed by atoms with van der Waals surface area (Å²) in [6, 6.07) is 21.6. The number of fused-ring (bicyclic) bond motifs is 1. The van der Waals surface area contributed by atoms with Crippen LogP contribution in [0, 0.1) is 0 Å². The maximum Gasteiger partial charge on any atom is 0.127 e. The molecular formula is C19H17NO2S. The monoisotopic (exact) mass is 323 g/mol. The van der Waals surface area contributed by atoms with E-state index in [0.717, 1.165) is 27.8 Å². The Balaban J connectivity index is 1.59. The average Bonchev–Trinajstić information content (AvgIpc) is 2.59. The summed E-state index contributed by atoms with van der Waals surface area (Å²) in [5.74, 6) is 1.60. The fourth-order valence-electron chi connectivity index (χ4n) is 2.37. The lowest BCUT2D eigenvalue weighted by Crippen LogP contribution is -2.11. The highest BCUT2D eigenvalue weighted by atomic mass is 32.1. The number of thiocarbonyl (C=S) groups is 1. The van der Waals surface area contributed by atoms with Crippen LogP contribution in [0.3, 0.4) is 0 Å². The Morgan fingerprint density at radius 1 is 0.870 bits per heavy atom. The topological polar surface area (TPSA) is 44.5 Å². The van der Waals surface area contributed by atoms with E-state index in [1.807, 2.05) is 48.5 Å². The number of hydrogen-bond acceptors (Lipinski definition) is 3. The standard InChI is InChI=1S/C19H17NO2S/c20-19(23)15-7-3-8-16(13-15)21-11-12-22-18-10-4-6-14-5-1-2-9-17(14)18/h1-10,13H,11-12H2,(H2,20,23). The van der Waals surface area contributed by atoms with E-state index in [0.29, 0.717) is 18.2 Å². The van der Waals surface area contributed by atoms with Gasteiger partial charge in [-0.2, -0.15) is 0 Å². The van der Waals surface area contributed by atoms with Crippen molar-refractivity contribution in [2.75, 3.05) is 13.2 Å². The zero-order valence-electron chi connectivity index (χ0n) is 12.6. The Labute approximate surface area is 140 Å². The lowest BCUT2D eigenvalue weighted by molar-refractivity contribution is 0.218. The predicted octanol–water partition coefficient (Wildman–Crippen LogP) is 3.93. The molecule has 4 heteroatoms. The summed E-state index contributed by atoms with van der Waals surface area (Å²) in [5.41, 5.74) is 6.42. The highest BCUT2D eigenvalue weighted by molar-refractivity contribution is 7.80. The van der Waals surface area contributed by atoms with E-state index in [1.165, 1.54) is 0 Å². The van der Waals surface area contributed by atoms with Gasteiger partial charge in [-0.3, -0.25) is 0 Å². The van der Waals surface area contributed by atoms with Gasteiger partial charge in [0.15, 0.2) is 0 Å². The van der Waals surface area contributed by atoms with E-state index in [4.69, 9.17) is 27.4 Å². The van der Waals surface area contributed by atoms with Crippen LogP contribution in [0.15, 0.2) is 66.7 Å². The molecule has 0 aliphatic heterocycles. The van der Waals surface area contributed by atoms with E-state index in [9.17, 15) is 0 Å². The maximum absolute atomic E-state index is 5.84. The number of nitrogens with two attached hydrogens (primary N) is 1. The van der Waals surface area contributed by atoms with Gasteiger partial charge in [0.25, 0.3) is 0 Å². The molecule has 3 nitrogen and oxygen atoms in total. The molecule has 2 N–H and O–H groups in total. The fraction of sp³-hybridized carbons (Fsp3) is 0.105. The molecule has 0 unspecified atom stereocenters. The van der Waals surface area contributed by atoms with Crippen LogP contribution >= 0.6 is 12.2 Å². The van der Waals surface area contributed by atoms with E-state index < -0.39 is 0 Å². The molecule has 0 spiro atoms. The first-order chi connectivity index (χ1) is 11.2. The van der Waals surface area contributed by atoms with Gasteiger partial charge in [0, 0.05) is 10.9 Å². The average molecular weight is 323 g/mol. The van der Waals surface area contributed by atoms with E-state index in [1.54, 1.807) is 0 Å². The van der Waals surface area contributed by atoms with Crippen LogP contribution in [0.1, 0.15) is 5.56 Å². The second-order valence-corrected chi connectivity index (χ2v) is 5.51. The molecule has 0 radical (unpaired) electrons. The molecule has 0 fully saturated rings. The SMILES string of the molecule is NC(=S)c1cccc(OCCOc2cccc3ccccc23)c1. The molecule has 3 aromatic rings. The smallest absolute Gasteiger partial charge is 0.127 e. The first-order valence-electron chi connectivity index (χ1n) is 7.37. The van der Waals surface area contributed by atoms with Crippen molar-refractivity contribution < 1.29 is 9.47 Å². The molecule has 23 heavy (non-hydrogen) atoms. The highest BCUT2D eigenvalue weighted by Gasteiger charge is 2.02. The second-order valence-electron chi connectivity index (χ2n) is 5.07. The number of ether oxygens (including phenoxy) is 2. The van der Waals surface area contributed by atoms with Crippen molar-refractivity contribution in [3.63, 3.8) is 0 Å². The van der Waals surface area contributed by atoms with Gasteiger partial charge in [-0.15, -0.1) is 0 Å². The van der Waals surface area contributed by atoms with Crippen LogP contribution in [-0.4, -0.2) is 18.2 Å². The third-order valence-electron chi connectivity index (χ3n) is 3.48. The minimum atomic E-state index is 0.363. The van der Waals surface area contributed by atoms with Crippen molar-refractivity contribution in [2.24, 2.45) is 5.73 Å². The van der Waals surface area contributed by atoms with Crippen LogP contribution in [-0.2, 0) is 0 Å². The molecule has 0 aromatic heterocycles. The van der Waals surface area contributed by atoms with Crippen LogP contribution in [0.5, 0.6) is 11.5 Å². The largest absolute Gasteiger partial charge is 0.490 e. The fourth-order valence-corrected chi connectivity index (χ4v) is 2.50. The highest BCUT2D eigenvalue weighted by Crippen LogP contribution is 2.25. The second kappa shape index (κ2) is 7.11. The molecule has 0 amide bonds. The van der Waals surface area contributed by atoms with E-state index >= 15 is 0 Å². The number of rotatable bonds is 6. The normalized spacial score (nSPS) is 10.4. The van der Waals surface area contributed by atoms with Gasteiger partial charge in [0.2, 0.25) is 0 Å². The van der Waals surface area contributed by atoms with Gasteiger partial charge < -0.3 is 15.2 Å². The molecule has 0 saturated carbocycles. The zero-order valence-corrected chi connectivity index (χ0v) is 13.4. The van der Waals surface area contributed by atoms with Crippen molar-refractivity contribution in [3.8, 4) is 11.5 Å². The summed E-state index contributed by atoms with van der Waals surface area (Å²) in [7, 11) is 0. The van der Waals surface area contributed by atoms with Gasteiger partial charge in [0.05, 0.1) is 0 Å². The third kappa shape index (κ3) is 3.79. The van der Waals surface area contributed by atoms with Crippen molar-refractivity contribution in [1.29, 1.82) is 0 Å². The summed E-state index contributed by atoms with van der Waals surface area (Å²) >= 11 is 4.96. The summed E-state index contributed by atoms with van der Waals surface area (Å²) in [6.07, 6.45) is 0. The first kappa shape index (κ1) is 15.3. The summed E-state index contributed by atoms with van der Waals surface area (Å²) in [5, 5.41) is 2.26. The minimum Gasteiger partial charge on any atom is -0.490 e. The van der Waals surface area contributed by atoms with Gasteiger partial charge in [0.1, 0.15) is 29.7 Å². The minimum absolute atomic E-state index is 0.363. The number of hydrogen-bond donors (Lipinski definition) is 1. The van der Waals surface area contributed by atoms with E-state index in [2.05, 4.69) is 18.2 Å². The first-order valence-corrected chi connectivity index (χ1v) is 7.78. The summed E-state index contributed by atoms with van der Waals surface area (Å²) in [4.78, 5) is 0.363. The Bertz CT molecular complexity index is 827. The molecule has 0 bridgehead atoms. The molecule has 0 aliphatic rings. The lowest BCUT2D eigenvalue weighted by Gasteiger charge is -2.11. The Morgan fingerprint density at radius 3 is 2.48 bits per heavy atom.